The summed E-state index contributed by atoms with van der Waals surface area (Å²) in [5.41, 5.74) is 1.78. The van der Waals surface area contributed by atoms with Gasteiger partial charge in [-0.05, 0) is 23.6 Å². The SMILES string of the molecule is CC(C)c1ccc(C(=O)N2C(=O)N[C@@H]3CSC[C@@H]32)cc1. The van der Waals surface area contributed by atoms with Gasteiger partial charge in [-0.2, -0.15) is 11.8 Å². The molecule has 2 fully saturated rings. The van der Waals surface area contributed by atoms with E-state index >= 15 is 0 Å². The summed E-state index contributed by atoms with van der Waals surface area (Å²) in [7, 11) is 0. The predicted molar refractivity (Wildman–Crippen MR) is 80.1 cm³/mol. The van der Waals surface area contributed by atoms with Crippen LogP contribution in [0.1, 0.15) is 35.7 Å². The highest BCUT2D eigenvalue weighted by Crippen LogP contribution is 2.29. The van der Waals surface area contributed by atoms with E-state index in [9.17, 15) is 9.59 Å². The maximum Gasteiger partial charge on any atom is 0.325 e. The third-order valence-corrected chi connectivity index (χ3v) is 5.12. The van der Waals surface area contributed by atoms with Crippen molar-refractivity contribution < 1.29 is 9.59 Å². The van der Waals surface area contributed by atoms with Crippen LogP contribution in [0.3, 0.4) is 0 Å². The summed E-state index contributed by atoms with van der Waals surface area (Å²) in [4.78, 5) is 25.9. The molecule has 0 spiro atoms. The van der Waals surface area contributed by atoms with Gasteiger partial charge in [0.2, 0.25) is 0 Å². The van der Waals surface area contributed by atoms with Crippen molar-refractivity contribution in [3.8, 4) is 0 Å². The second-order valence-electron chi connectivity index (χ2n) is 5.61. The average molecular weight is 290 g/mol. The maximum absolute atomic E-state index is 12.5. The minimum atomic E-state index is -0.252. The van der Waals surface area contributed by atoms with Crippen LogP contribution >= 0.6 is 11.8 Å². The van der Waals surface area contributed by atoms with Gasteiger partial charge in [0.25, 0.3) is 5.91 Å². The van der Waals surface area contributed by atoms with E-state index in [1.807, 2.05) is 24.3 Å². The van der Waals surface area contributed by atoms with E-state index < -0.39 is 0 Å². The van der Waals surface area contributed by atoms with Gasteiger partial charge in [0.15, 0.2) is 0 Å². The highest BCUT2D eigenvalue weighted by molar-refractivity contribution is 7.99. The lowest BCUT2D eigenvalue weighted by Crippen LogP contribution is -2.41. The summed E-state index contributed by atoms with van der Waals surface area (Å²) in [6, 6.07) is 7.44. The molecule has 5 heteroatoms. The zero-order valence-electron chi connectivity index (χ0n) is 11.6. The number of thioether (sulfide) groups is 1. The molecule has 2 aliphatic heterocycles. The zero-order chi connectivity index (χ0) is 14.3. The van der Waals surface area contributed by atoms with E-state index in [1.165, 1.54) is 10.5 Å². The van der Waals surface area contributed by atoms with Crippen LogP contribution in [0, 0.1) is 0 Å². The summed E-state index contributed by atoms with van der Waals surface area (Å²) >= 11 is 1.78. The molecule has 2 saturated heterocycles. The molecule has 3 rings (SSSR count). The molecule has 0 unspecified atom stereocenters. The monoisotopic (exact) mass is 290 g/mol. The molecule has 1 N–H and O–H groups in total. The molecule has 0 aromatic heterocycles. The molecule has 106 valence electrons. The number of nitrogens with zero attached hydrogens (tertiary/aromatic N) is 1. The molecule has 3 amide bonds. The molecule has 0 bridgehead atoms. The Bertz CT molecular complexity index is 541. The van der Waals surface area contributed by atoms with E-state index in [0.29, 0.717) is 11.5 Å². The standard InChI is InChI=1S/C15H18N2O2S/c1-9(2)10-3-5-11(6-4-10)14(18)17-13-8-20-7-12(13)16-15(17)19/h3-6,9,12-13H,7-8H2,1-2H3,(H,16,19)/t12-,13+/m1/s1. The van der Waals surface area contributed by atoms with Gasteiger partial charge in [0, 0.05) is 17.1 Å². The van der Waals surface area contributed by atoms with Crippen molar-refractivity contribution in [2.45, 2.75) is 31.8 Å². The fourth-order valence-electron chi connectivity index (χ4n) is 2.71. The number of carbonyl (C=O) groups excluding carboxylic acids is 2. The van der Waals surface area contributed by atoms with Gasteiger partial charge in [-0.25, -0.2) is 4.79 Å². The molecule has 0 saturated carbocycles. The lowest BCUT2D eigenvalue weighted by atomic mass is 10.0. The number of hydrogen-bond donors (Lipinski definition) is 1. The topological polar surface area (TPSA) is 49.4 Å². The molecule has 4 nitrogen and oxygen atoms in total. The van der Waals surface area contributed by atoms with E-state index in [-0.39, 0.29) is 24.0 Å². The fourth-order valence-corrected chi connectivity index (χ4v) is 4.02. The van der Waals surface area contributed by atoms with Crippen LogP contribution < -0.4 is 5.32 Å². The molecule has 2 heterocycles. The van der Waals surface area contributed by atoms with Crippen LogP contribution in [-0.2, 0) is 0 Å². The van der Waals surface area contributed by atoms with Crippen molar-refractivity contribution >= 4 is 23.7 Å². The van der Waals surface area contributed by atoms with Gasteiger partial charge >= 0.3 is 6.03 Å². The van der Waals surface area contributed by atoms with Gasteiger partial charge in [0.1, 0.15) is 0 Å². The summed E-state index contributed by atoms with van der Waals surface area (Å²) in [6.45, 7) is 4.23. The van der Waals surface area contributed by atoms with Crippen molar-refractivity contribution in [2.75, 3.05) is 11.5 Å². The van der Waals surface area contributed by atoms with Crippen molar-refractivity contribution in [2.24, 2.45) is 0 Å². The Morgan fingerprint density at radius 3 is 2.65 bits per heavy atom. The second-order valence-corrected chi connectivity index (χ2v) is 6.69. The molecule has 1 aromatic carbocycles. The summed E-state index contributed by atoms with van der Waals surface area (Å²) < 4.78 is 0. The highest BCUT2D eigenvalue weighted by Gasteiger charge is 2.45. The number of carbonyl (C=O) groups is 2. The van der Waals surface area contributed by atoms with Gasteiger partial charge in [-0.15, -0.1) is 0 Å². The average Bonchev–Trinajstić information content (AvgIpc) is 2.98. The molecule has 0 radical (unpaired) electrons. The Morgan fingerprint density at radius 2 is 2.00 bits per heavy atom. The number of fused-ring (bicyclic) bond motifs is 1. The summed E-state index contributed by atoms with van der Waals surface area (Å²) in [5, 5.41) is 2.89. The van der Waals surface area contributed by atoms with E-state index in [4.69, 9.17) is 0 Å². The van der Waals surface area contributed by atoms with E-state index in [2.05, 4.69) is 19.2 Å². The van der Waals surface area contributed by atoms with Gasteiger partial charge in [0.05, 0.1) is 12.1 Å². The Morgan fingerprint density at radius 1 is 1.30 bits per heavy atom. The summed E-state index contributed by atoms with van der Waals surface area (Å²) in [6.07, 6.45) is 0. The fraction of sp³-hybridized carbons (Fsp3) is 0.467. The normalized spacial score (nSPS) is 24.9. The molecule has 2 atom stereocenters. The first-order chi connectivity index (χ1) is 9.58. The van der Waals surface area contributed by atoms with Gasteiger partial charge in [-0.1, -0.05) is 26.0 Å². The quantitative estimate of drug-likeness (QED) is 0.851. The van der Waals surface area contributed by atoms with Gasteiger partial charge in [-0.3, -0.25) is 9.69 Å². The van der Waals surface area contributed by atoms with Crippen LogP contribution in [0.5, 0.6) is 0 Å². The largest absolute Gasteiger partial charge is 0.332 e. The Balaban J connectivity index is 1.83. The second kappa shape index (κ2) is 5.13. The van der Waals surface area contributed by atoms with Crippen LogP contribution in [0.25, 0.3) is 0 Å². The number of urea groups is 1. The Labute approximate surface area is 122 Å². The number of benzene rings is 1. The number of imide groups is 1. The molecule has 1 aromatic rings. The van der Waals surface area contributed by atoms with Crippen LogP contribution in [0.4, 0.5) is 4.79 Å². The van der Waals surface area contributed by atoms with Crippen LogP contribution in [-0.4, -0.2) is 40.4 Å². The first-order valence-electron chi connectivity index (χ1n) is 6.89. The molecule has 0 aliphatic carbocycles. The van der Waals surface area contributed by atoms with Crippen LogP contribution in [0.2, 0.25) is 0 Å². The predicted octanol–water partition coefficient (Wildman–Crippen LogP) is 2.46. The third kappa shape index (κ3) is 2.20. The smallest absolute Gasteiger partial charge is 0.325 e. The Kier molecular flexibility index (Phi) is 3.46. The van der Waals surface area contributed by atoms with Gasteiger partial charge < -0.3 is 5.32 Å². The minimum Gasteiger partial charge on any atom is -0.332 e. The maximum atomic E-state index is 12.5. The summed E-state index contributed by atoms with van der Waals surface area (Å²) in [5.74, 6) is 1.98. The lowest BCUT2D eigenvalue weighted by Gasteiger charge is -2.19. The van der Waals surface area contributed by atoms with Crippen molar-refractivity contribution in [3.05, 3.63) is 35.4 Å². The first-order valence-corrected chi connectivity index (χ1v) is 8.05. The number of nitrogens with one attached hydrogen (secondary N) is 1. The molecular weight excluding hydrogens is 272 g/mol. The Hall–Kier alpha value is -1.49. The van der Waals surface area contributed by atoms with Crippen molar-refractivity contribution in [1.29, 1.82) is 0 Å². The van der Waals surface area contributed by atoms with Crippen LogP contribution in [0.15, 0.2) is 24.3 Å². The molecule has 2 aliphatic rings. The lowest BCUT2D eigenvalue weighted by molar-refractivity contribution is 0.0791. The zero-order valence-corrected chi connectivity index (χ0v) is 12.4. The van der Waals surface area contributed by atoms with Crippen molar-refractivity contribution in [1.82, 2.24) is 10.2 Å². The van der Waals surface area contributed by atoms with Crippen molar-refractivity contribution in [3.63, 3.8) is 0 Å². The van der Waals surface area contributed by atoms with E-state index in [0.717, 1.165) is 11.5 Å². The molecule has 20 heavy (non-hydrogen) atoms. The number of hydrogen-bond acceptors (Lipinski definition) is 3. The number of amides is 3. The first kappa shape index (κ1) is 13.5. The van der Waals surface area contributed by atoms with E-state index in [1.54, 1.807) is 11.8 Å². The molecular formula is C15H18N2O2S. The minimum absolute atomic E-state index is 0.00442. The third-order valence-electron chi connectivity index (χ3n) is 3.95. The number of rotatable bonds is 2. The highest BCUT2D eigenvalue weighted by atomic mass is 32.2.